The molecule has 0 fully saturated rings. The zero-order valence-corrected chi connectivity index (χ0v) is 7.70. The third kappa shape index (κ3) is 5.15. The van der Waals surface area contributed by atoms with Gasteiger partial charge < -0.3 is 20.5 Å². The molecule has 6 nitrogen and oxygen atoms in total. The Bertz CT molecular complexity index is 183. The lowest BCUT2D eigenvalue weighted by Gasteiger charge is -2.11. The van der Waals surface area contributed by atoms with Gasteiger partial charge in [0.1, 0.15) is 6.61 Å². The normalized spacial score (nSPS) is 11.9. The number of rotatable bonds is 5. The summed E-state index contributed by atoms with van der Waals surface area (Å²) < 4.78 is 9.09. The van der Waals surface area contributed by atoms with Gasteiger partial charge in [0, 0.05) is 7.11 Å². The Morgan fingerprint density at radius 1 is 1.54 bits per heavy atom. The first-order valence-electron chi connectivity index (χ1n) is 3.82. The Morgan fingerprint density at radius 2 is 2.15 bits per heavy atom. The lowest BCUT2D eigenvalue weighted by atomic mass is 10.5. The van der Waals surface area contributed by atoms with Crippen molar-refractivity contribution < 1.29 is 19.1 Å². The number of carbonyl (C=O) groups excluding carboxylic acids is 2. The van der Waals surface area contributed by atoms with E-state index in [0.717, 1.165) is 0 Å². The molecule has 0 saturated heterocycles. The first-order valence-corrected chi connectivity index (χ1v) is 3.82. The molecule has 0 heterocycles. The van der Waals surface area contributed by atoms with Gasteiger partial charge in [-0.15, -0.1) is 0 Å². The van der Waals surface area contributed by atoms with Crippen LogP contribution in [-0.2, 0) is 19.1 Å². The fourth-order valence-electron chi connectivity index (χ4n) is 0.637. The van der Waals surface area contributed by atoms with Crippen molar-refractivity contribution in [3.63, 3.8) is 0 Å². The fraction of sp³-hybridized carbons (Fsp3) is 0.714. The van der Waals surface area contributed by atoms with Crippen molar-refractivity contribution >= 4 is 11.9 Å². The number of ether oxygens (including phenoxy) is 2. The predicted molar refractivity (Wildman–Crippen MR) is 44.6 cm³/mol. The lowest BCUT2D eigenvalue weighted by Crippen LogP contribution is -2.49. The standard InChI is InChI=1S/C7H14N2O4/c1-3-13-7(11)6(8)9-5(10)4-12-2/h6H,3-4,8H2,1-2H3,(H,9,10). The van der Waals surface area contributed by atoms with Crippen LogP contribution < -0.4 is 11.1 Å². The molecule has 0 spiro atoms. The van der Waals surface area contributed by atoms with Gasteiger partial charge in [0.05, 0.1) is 6.61 Å². The van der Waals surface area contributed by atoms with Crippen molar-refractivity contribution in [1.82, 2.24) is 5.32 Å². The average molecular weight is 190 g/mol. The van der Waals surface area contributed by atoms with Gasteiger partial charge in [0.2, 0.25) is 5.91 Å². The van der Waals surface area contributed by atoms with Gasteiger partial charge in [0.25, 0.3) is 0 Å². The lowest BCUT2D eigenvalue weighted by molar-refractivity contribution is -0.147. The molecule has 0 radical (unpaired) electrons. The van der Waals surface area contributed by atoms with Crippen LogP contribution in [0.25, 0.3) is 0 Å². The van der Waals surface area contributed by atoms with E-state index >= 15 is 0 Å². The Morgan fingerprint density at radius 3 is 2.62 bits per heavy atom. The molecule has 0 rings (SSSR count). The van der Waals surface area contributed by atoms with Crippen molar-refractivity contribution in [3.05, 3.63) is 0 Å². The molecule has 0 aromatic heterocycles. The highest BCUT2D eigenvalue weighted by molar-refractivity contribution is 5.84. The first kappa shape index (κ1) is 11.9. The second-order valence-electron chi connectivity index (χ2n) is 2.23. The molecule has 6 heteroatoms. The van der Waals surface area contributed by atoms with Crippen LogP contribution >= 0.6 is 0 Å². The highest BCUT2D eigenvalue weighted by Gasteiger charge is 2.16. The molecule has 0 bridgehead atoms. The molecule has 0 aliphatic carbocycles. The summed E-state index contributed by atoms with van der Waals surface area (Å²) in [5.74, 6) is -1.12. The molecule has 0 aromatic carbocycles. The van der Waals surface area contributed by atoms with E-state index < -0.39 is 18.0 Å². The topological polar surface area (TPSA) is 90.6 Å². The van der Waals surface area contributed by atoms with Crippen molar-refractivity contribution in [2.24, 2.45) is 5.73 Å². The number of methoxy groups -OCH3 is 1. The van der Waals surface area contributed by atoms with Gasteiger partial charge in [-0.3, -0.25) is 4.79 Å². The fourth-order valence-corrected chi connectivity index (χ4v) is 0.637. The minimum absolute atomic E-state index is 0.132. The van der Waals surface area contributed by atoms with E-state index in [4.69, 9.17) is 5.73 Å². The molecule has 13 heavy (non-hydrogen) atoms. The van der Waals surface area contributed by atoms with Gasteiger partial charge in [-0.2, -0.15) is 0 Å². The molecule has 0 aromatic rings. The molecular weight excluding hydrogens is 176 g/mol. The van der Waals surface area contributed by atoms with Crippen molar-refractivity contribution in [3.8, 4) is 0 Å². The summed E-state index contributed by atoms with van der Waals surface area (Å²) in [6.45, 7) is 1.75. The predicted octanol–water partition coefficient (Wildman–Crippen LogP) is -1.40. The van der Waals surface area contributed by atoms with Crippen LogP contribution in [0, 0.1) is 0 Å². The molecular formula is C7H14N2O4. The maximum absolute atomic E-state index is 10.9. The van der Waals surface area contributed by atoms with E-state index in [9.17, 15) is 9.59 Å². The third-order valence-corrected chi connectivity index (χ3v) is 1.13. The van der Waals surface area contributed by atoms with E-state index in [1.807, 2.05) is 0 Å². The van der Waals surface area contributed by atoms with Crippen LogP contribution in [0.3, 0.4) is 0 Å². The quantitative estimate of drug-likeness (QED) is 0.411. The van der Waals surface area contributed by atoms with Crippen LogP contribution in [0.15, 0.2) is 0 Å². The average Bonchev–Trinajstić information content (AvgIpc) is 2.05. The maximum atomic E-state index is 10.9. The van der Waals surface area contributed by atoms with Gasteiger partial charge in [-0.1, -0.05) is 0 Å². The first-order chi connectivity index (χ1) is 6.11. The van der Waals surface area contributed by atoms with Crippen LogP contribution in [0.2, 0.25) is 0 Å². The van der Waals surface area contributed by atoms with Crippen LogP contribution in [0.4, 0.5) is 0 Å². The summed E-state index contributed by atoms with van der Waals surface area (Å²) in [6.07, 6.45) is -1.12. The maximum Gasteiger partial charge on any atom is 0.343 e. The van der Waals surface area contributed by atoms with Gasteiger partial charge >= 0.3 is 5.97 Å². The van der Waals surface area contributed by atoms with Gasteiger partial charge in [-0.25, -0.2) is 4.79 Å². The number of carbonyl (C=O) groups is 2. The summed E-state index contributed by atoms with van der Waals surface area (Å²) in [4.78, 5) is 21.7. The minimum Gasteiger partial charge on any atom is -0.463 e. The van der Waals surface area contributed by atoms with E-state index in [2.05, 4.69) is 14.8 Å². The smallest absolute Gasteiger partial charge is 0.343 e. The largest absolute Gasteiger partial charge is 0.463 e. The number of nitrogens with one attached hydrogen (secondary N) is 1. The molecule has 1 unspecified atom stereocenters. The van der Waals surface area contributed by atoms with Crippen molar-refractivity contribution in [2.75, 3.05) is 20.3 Å². The van der Waals surface area contributed by atoms with Crippen LogP contribution in [-0.4, -0.2) is 38.4 Å². The molecule has 0 saturated carbocycles. The molecule has 3 N–H and O–H groups in total. The van der Waals surface area contributed by atoms with E-state index in [-0.39, 0.29) is 13.2 Å². The summed E-state index contributed by atoms with van der Waals surface area (Å²) >= 11 is 0. The zero-order valence-electron chi connectivity index (χ0n) is 7.70. The Hall–Kier alpha value is -1.14. The van der Waals surface area contributed by atoms with Crippen molar-refractivity contribution in [2.45, 2.75) is 13.1 Å². The monoisotopic (exact) mass is 190 g/mol. The second kappa shape index (κ2) is 6.38. The minimum atomic E-state index is -1.12. The summed E-state index contributed by atoms with van der Waals surface area (Å²) in [5, 5.41) is 2.20. The molecule has 76 valence electrons. The number of esters is 1. The molecule has 1 atom stereocenters. The second-order valence-corrected chi connectivity index (χ2v) is 2.23. The highest BCUT2D eigenvalue weighted by atomic mass is 16.5. The zero-order chi connectivity index (χ0) is 10.3. The SMILES string of the molecule is CCOC(=O)C(N)NC(=O)COC. The Labute approximate surface area is 76.4 Å². The van der Waals surface area contributed by atoms with Crippen molar-refractivity contribution in [1.29, 1.82) is 0 Å². The Balaban J connectivity index is 3.78. The van der Waals surface area contributed by atoms with Crippen LogP contribution in [0.1, 0.15) is 6.92 Å². The third-order valence-electron chi connectivity index (χ3n) is 1.13. The van der Waals surface area contributed by atoms with E-state index in [0.29, 0.717) is 0 Å². The number of nitrogens with two attached hydrogens (primary N) is 1. The summed E-state index contributed by atoms with van der Waals surface area (Å²) in [5.41, 5.74) is 5.27. The highest BCUT2D eigenvalue weighted by Crippen LogP contribution is 1.82. The van der Waals surface area contributed by atoms with E-state index in [1.165, 1.54) is 7.11 Å². The summed E-state index contributed by atoms with van der Waals surface area (Å²) in [6, 6.07) is 0. The molecule has 0 aliphatic heterocycles. The number of hydrogen-bond acceptors (Lipinski definition) is 5. The van der Waals surface area contributed by atoms with Gasteiger partial charge in [-0.05, 0) is 6.92 Å². The summed E-state index contributed by atoms with van der Waals surface area (Å²) in [7, 11) is 1.37. The van der Waals surface area contributed by atoms with Gasteiger partial charge in [0.15, 0.2) is 6.17 Å². The van der Waals surface area contributed by atoms with Crippen LogP contribution in [0.5, 0.6) is 0 Å². The molecule has 1 amide bonds. The molecule has 0 aliphatic rings. The number of amides is 1. The number of hydrogen-bond donors (Lipinski definition) is 2. The Kier molecular flexibility index (Phi) is 5.82. The van der Waals surface area contributed by atoms with E-state index in [1.54, 1.807) is 6.92 Å².